The number of carbonyl (C=O) groups is 1. The second kappa shape index (κ2) is 6.70. The van der Waals surface area contributed by atoms with Crippen LogP contribution in [0.3, 0.4) is 0 Å². The summed E-state index contributed by atoms with van der Waals surface area (Å²) in [6, 6.07) is 10.0. The van der Waals surface area contributed by atoms with Gasteiger partial charge >= 0.3 is 5.97 Å². The Morgan fingerprint density at radius 1 is 1.27 bits per heavy atom. The van der Waals surface area contributed by atoms with E-state index in [1.54, 1.807) is 0 Å². The van der Waals surface area contributed by atoms with E-state index in [1.165, 1.54) is 7.11 Å². The van der Waals surface area contributed by atoms with Crippen molar-refractivity contribution in [2.45, 2.75) is 32.6 Å². The molecule has 1 unspecified atom stereocenters. The quantitative estimate of drug-likeness (QED) is 0.787. The van der Waals surface area contributed by atoms with Crippen molar-refractivity contribution in [3.63, 3.8) is 0 Å². The maximum atomic E-state index is 11.6. The summed E-state index contributed by atoms with van der Waals surface area (Å²) in [5, 5.41) is 8.36. The summed E-state index contributed by atoms with van der Waals surface area (Å²) >= 11 is 0. The molecule has 116 valence electrons. The number of nitrogens with zero attached hydrogens (tertiary/aromatic N) is 3. The maximum absolute atomic E-state index is 11.6. The lowest BCUT2D eigenvalue weighted by Gasteiger charge is -2.21. The Hall–Kier alpha value is -2.21. The third kappa shape index (κ3) is 3.17. The normalized spacial score (nSPS) is 17.0. The smallest absolute Gasteiger partial charge is 0.309 e. The van der Waals surface area contributed by atoms with Crippen LogP contribution in [0, 0.1) is 5.92 Å². The molecule has 0 N–H and O–H groups in total. The molecule has 0 amide bonds. The third-order valence-corrected chi connectivity index (χ3v) is 3.91. The van der Waals surface area contributed by atoms with E-state index in [4.69, 9.17) is 9.47 Å². The molecule has 0 saturated carbocycles. The molecule has 22 heavy (non-hydrogen) atoms. The zero-order valence-electron chi connectivity index (χ0n) is 12.6. The van der Waals surface area contributed by atoms with Crippen LogP contribution in [-0.4, -0.2) is 27.8 Å². The molecule has 6 nitrogen and oxygen atoms in total. The number of hydrogen-bond donors (Lipinski definition) is 0. The maximum Gasteiger partial charge on any atom is 0.309 e. The monoisotopic (exact) mass is 301 g/mol. The van der Waals surface area contributed by atoms with Gasteiger partial charge in [0.1, 0.15) is 12.4 Å². The molecule has 1 aromatic heterocycles. The average molecular weight is 301 g/mol. The lowest BCUT2D eigenvalue weighted by Crippen LogP contribution is -2.27. The molecule has 0 aliphatic carbocycles. The van der Waals surface area contributed by atoms with E-state index in [1.807, 2.05) is 34.9 Å². The summed E-state index contributed by atoms with van der Waals surface area (Å²) in [5.74, 6) is 1.37. The van der Waals surface area contributed by atoms with Crippen molar-refractivity contribution >= 4 is 5.97 Å². The molecule has 1 atom stereocenters. The molecule has 1 aliphatic rings. The zero-order chi connectivity index (χ0) is 15.4. The largest absolute Gasteiger partial charge is 0.469 e. The zero-order valence-corrected chi connectivity index (χ0v) is 12.6. The minimum atomic E-state index is -0.170. The molecule has 0 saturated heterocycles. The molecule has 0 spiro atoms. The molecule has 3 rings (SSSR count). The fourth-order valence-corrected chi connectivity index (χ4v) is 2.70. The van der Waals surface area contributed by atoms with Crippen LogP contribution in [-0.2, 0) is 40.4 Å². The van der Waals surface area contributed by atoms with Gasteiger partial charge in [0.05, 0.1) is 19.6 Å². The topological polar surface area (TPSA) is 66.2 Å². The molecule has 0 radical (unpaired) electrons. The van der Waals surface area contributed by atoms with Crippen molar-refractivity contribution in [2.75, 3.05) is 7.11 Å². The van der Waals surface area contributed by atoms with E-state index in [9.17, 15) is 4.79 Å². The van der Waals surface area contributed by atoms with Gasteiger partial charge in [-0.05, 0) is 12.0 Å². The molecule has 0 bridgehead atoms. The fourth-order valence-electron chi connectivity index (χ4n) is 2.70. The van der Waals surface area contributed by atoms with Crippen LogP contribution in [0.5, 0.6) is 0 Å². The SMILES string of the molecule is COC(=O)C1CCn2c(COCc3ccccc3)nnc2C1. The molecular weight excluding hydrogens is 282 g/mol. The van der Waals surface area contributed by atoms with Crippen LogP contribution in [0.25, 0.3) is 0 Å². The summed E-state index contributed by atoms with van der Waals surface area (Å²) in [4.78, 5) is 11.6. The van der Waals surface area contributed by atoms with E-state index < -0.39 is 0 Å². The van der Waals surface area contributed by atoms with Gasteiger partial charge in [-0.15, -0.1) is 10.2 Å². The lowest BCUT2D eigenvalue weighted by atomic mass is 9.98. The van der Waals surface area contributed by atoms with E-state index in [0.717, 1.165) is 30.2 Å². The van der Waals surface area contributed by atoms with Crippen molar-refractivity contribution in [3.05, 3.63) is 47.5 Å². The van der Waals surface area contributed by atoms with Crippen LogP contribution in [0.4, 0.5) is 0 Å². The summed E-state index contributed by atoms with van der Waals surface area (Å²) in [5.41, 5.74) is 1.13. The Morgan fingerprint density at radius 3 is 2.86 bits per heavy atom. The number of ether oxygens (including phenoxy) is 2. The van der Waals surface area contributed by atoms with Crippen molar-refractivity contribution in [2.24, 2.45) is 5.92 Å². The van der Waals surface area contributed by atoms with Gasteiger partial charge in [-0.1, -0.05) is 30.3 Å². The summed E-state index contributed by atoms with van der Waals surface area (Å²) in [6.07, 6.45) is 1.34. The first-order valence-electron chi connectivity index (χ1n) is 7.38. The van der Waals surface area contributed by atoms with Crippen LogP contribution in [0.2, 0.25) is 0 Å². The van der Waals surface area contributed by atoms with Gasteiger partial charge in [0.2, 0.25) is 0 Å². The first-order chi connectivity index (χ1) is 10.8. The minimum Gasteiger partial charge on any atom is -0.469 e. The number of carbonyl (C=O) groups excluding carboxylic acids is 1. The first-order valence-corrected chi connectivity index (χ1v) is 7.38. The number of aromatic nitrogens is 3. The second-order valence-corrected chi connectivity index (χ2v) is 5.38. The lowest BCUT2D eigenvalue weighted by molar-refractivity contribution is -0.146. The third-order valence-electron chi connectivity index (χ3n) is 3.91. The van der Waals surface area contributed by atoms with Crippen LogP contribution >= 0.6 is 0 Å². The highest BCUT2D eigenvalue weighted by Crippen LogP contribution is 2.21. The van der Waals surface area contributed by atoms with E-state index in [-0.39, 0.29) is 11.9 Å². The van der Waals surface area contributed by atoms with E-state index in [2.05, 4.69) is 10.2 Å². The van der Waals surface area contributed by atoms with Gasteiger partial charge in [0, 0.05) is 13.0 Å². The molecule has 2 heterocycles. The molecule has 2 aromatic rings. The Kier molecular flexibility index (Phi) is 4.48. The van der Waals surface area contributed by atoms with Crippen molar-refractivity contribution < 1.29 is 14.3 Å². The number of rotatable bonds is 5. The predicted octanol–water partition coefficient (Wildman–Crippen LogP) is 1.73. The number of benzene rings is 1. The van der Waals surface area contributed by atoms with Crippen LogP contribution in [0.1, 0.15) is 23.6 Å². The van der Waals surface area contributed by atoms with Gasteiger partial charge in [-0.2, -0.15) is 0 Å². The highest BCUT2D eigenvalue weighted by atomic mass is 16.5. The second-order valence-electron chi connectivity index (χ2n) is 5.38. The Labute approximate surface area is 129 Å². The van der Waals surface area contributed by atoms with Gasteiger partial charge in [-0.3, -0.25) is 4.79 Å². The summed E-state index contributed by atoms with van der Waals surface area (Å²) in [6.45, 7) is 1.70. The van der Waals surface area contributed by atoms with Crippen molar-refractivity contribution in [1.29, 1.82) is 0 Å². The van der Waals surface area contributed by atoms with E-state index >= 15 is 0 Å². The Bertz CT molecular complexity index is 639. The van der Waals surface area contributed by atoms with Crippen LogP contribution in [0.15, 0.2) is 30.3 Å². The molecule has 6 heteroatoms. The Balaban J connectivity index is 1.58. The highest BCUT2D eigenvalue weighted by molar-refractivity contribution is 5.72. The number of esters is 1. The molecular formula is C16H19N3O3. The van der Waals surface area contributed by atoms with Gasteiger partial charge in [0.25, 0.3) is 0 Å². The number of fused-ring (bicyclic) bond motifs is 1. The van der Waals surface area contributed by atoms with Gasteiger partial charge < -0.3 is 14.0 Å². The summed E-state index contributed by atoms with van der Waals surface area (Å²) in [7, 11) is 1.42. The van der Waals surface area contributed by atoms with Crippen LogP contribution < -0.4 is 0 Å². The highest BCUT2D eigenvalue weighted by Gasteiger charge is 2.28. The first kappa shape index (κ1) is 14.7. The summed E-state index contributed by atoms with van der Waals surface area (Å²) < 4.78 is 12.6. The molecule has 1 aliphatic heterocycles. The van der Waals surface area contributed by atoms with Crippen molar-refractivity contribution in [1.82, 2.24) is 14.8 Å². The fraction of sp³-hybridized carbons (Fsp3) is 0.438. The van der Waals surface area contributed by atoms with Gasteiger partial charge in [-0.25, -0.2) is 0 Å². The predicted molar refractivity (Wildman–Crippen MR) is 78.8 cm³/mol. The number of hydrogen-bond acceptors (Lipinski definition) is 5. The molecule has 0 fully saturated rings. The van der Waals surface area contributed by atoms with E-state index in [0.29, 0.717) is 19.6 Å². The average Bonchev–Trinajstić information content (AvgIpc) is 2.97. The minimum absolute atomic E-state index is 0.111. The van der Waals surface area contributed by atoms with Gasteiger partial charge in [0.15, 0.2) is 5.82 Å². The standard InChI is InChI=1S/C16H19N3O3/c1-21-16(20)13-7-8-19-14(9-13)17-18-15(19)11-22-10-12-5-3-2-4-6-12/h2-6,13H,7-11H2,1H3. The Morgan fingerprint density at radius 2 is 2.09 bits per heavy atom. The number of methoxy groups -OCH3 is 1. The van der Waals surface area contributed by atoms with Crippen molar-refractivity contribution in [3.8, 4) is 0 Å². The molecule has 1 aromatic carbocycles.